The highest BCUT2D eigenvalue weighted by Gasteiger charge is 2.18. The zero-order valence-electron chi connectivity index (χ0n) is 12.4. The van der Waals surface area contributed by atoms with Gasteiger partial charge in [0.2, 0.25) is 0 Å². The van der Waals surface area contributed by atoms with E-state index in [1.807, 2.05) is 18.2 Å². The third-order valence-corrected chi connectivity index (χ3v) is 5.58. The molecule has 3 N–H and O–H groups in total. The first-order valence-corrected chi connectivity index (χ1v) is 9.17. The molecule has 3 heterocycles. The van der Waals surface area contributed by atoms with Crippen molar-refractivity contribution in [2.75, 3.05) is 0 Å². The number of pyridine rings is 1. The summed E-state index contributed by atoms with van der Waals surface area (Å²) in [6.07, 6.45) is 0. The number of carbonyl (C=O) groups is 1. The Bertz CT molecular complexity index is 1120. The van der Waals surface area contributed by atoms with Crippen LogP contribution in [0.4, 0.5) is 0 Å². The van der Waals surface area contributed by atoms with E-state index < -0.39 is 5.91 Å². The number of primary amides is 1. The summed E-state index contributed by atoms with van der Waals surface area (Å²) in [5, 5.41) is 15.8. The summed E-state index contributed by atoms with van der Waals surface area (Å²) >= 11 is 8.85. The fraction of sp³-hybridized carbons (Fsp3) is 0. The molecule has 0 spiro atoms. The maximum absolute atomic E-state index is 11.2. The Morgan fingerprint density at radius 1 is 1.08 bits per heavy atom. The summed E-state index contributed by atoms with van der Waals surface area (Å²) in [5.41, 5.74) is 6.99. The fourth-order valence-corrected chi connectivity index (χ4v) is 4.18. The minimum Gasteiger partial charge on any atom is -0.504 e. The summed E-state index contributed by atoms with van der Waals surface area (Å²) in [5.74, 6) is -0.697. The summed E-state index contributed by atoms with van der Waals surface area (Å²) in [6, 6.07) is 7.29. The first kappa shape index (κ1) is 15.9. The molecule has 0 aliphatic rings. The molecule has 0 radical (unpaired) electrons. The summed E-state index contributed by atoms with van der Waals surface area (Å²) in [4.78, 5) is 24.3. The number of fused-ring (bicyclic) bond motifs is 1. The van der Waals surface area contributed by atoms with E-state index in [0.29, 0.717) is 32.3 Å². The molecule has 9 heteroatoms. The first-order chi connectivity index (χ1) is 12.0. The number of hydrogen-bond donors (Lipinski definition) is 2. The van der Waals surface area contributed by atoms with Crippen LogP contribution in [-0.2, 0) is 0 Å². The number of rotatable bonds is 3. The highest BCUT2D eigenvalue weighted by molar-refractivity contribution is 7.15. The highest BCUT2D eigenvalue weighted by atomic mass is 35.5. The first-order valence-electron chi connectivity index (χ1n) is 7.03. The zero-order valence-corrected chi connectivity index (χ0v) is 14.8. The van der Waals surface area contributed by atoms with Gasteiger partial charge in [-0.2, -0.15) is 0 Å². The molecule has 4 aromatic rings. The molecule has 1 amide bonds. The normalized spacial score (nSPS) is 11.1. The molecule has 0 atom stereocenters. The van der Waals surface area contributed by atoms with Gasteiger partial charge < -0.3 is 10.8 Å². The van der Waals surface area contributed by atoms with Gasteiger partial charge in [-0.15, -0.1) is 22.7 Å². The third-order valence-electron chi connectivity index (χ3n) is 3.49. The maximum Gasteiger partial charge on any atom is 0.268 e. The van der Waals surface area contributed by atoms with Crippen LogP contribution < -0.4 is 5.73 Å². The quantitative estimate of drug-likeness (QED) is 0.553. The van der Waals surface area contributed by atoms with Crippen molar-refractivity contribution in [1.82, 2.24) is 15.0 Å². The van der Waals surface area contributed by atoms with Crippen LogP contribution in [0.5, 0.6) is 5.75 Å². The van der Waals surface area contributed by atoms with E-state index in [1.165, 1.54) is 22.7 Å². The minimum atomic E-state index is -0.585. The van der Waals surface area contributed by atoms with Crippen LogP contribution in [0.15, 0.2) is 35.0 Å². The molecule has 0 bridgehead atoms. The molecule has 0 aliphatic carbocycles. The number of aromatic nitrogens is 3. The molecule has 6 nitrogen and oxygen atoms in total. The van der Waals surface area contributed by atoms with E-state index >= 15 is 0 Å². The van der Waals surface area contributed by atoms with Gasteiger partial charge in [0.1, 0.15) is 27.1 Å². The number of nitrogens with zero attached hydrogens (tertiary/aromatic N) is 3. The SMILES string of the molecule is NC(=O)c1csc(-c2csc(-c3nc4ccccc4c(Cl)c3O)n2)n1. The zero-order chi connectivity index (χ0) is 17.6. The number of thiazole rings is 2. The van der Waals surface area contributed by atoms with Crippen LogP contribution in [0.2, 0.25) is 5.02 Å². The van der Waals surface area contributed by atoms with Gasteiger partial charge in [0.15, 0.2) is 5.75 Å². The number of para-hydroxylation sites is 1. The van der Waals surface area contributed by atoms with Gasteiger partial charge in [0.05, 0.1) is 10.5 Å². The lowest BCUT2D eigenvalue weighted by Crippen LogP contribution is -2.10. The Morgan fingerprint density at radius 2 is 1.84 bits per heavy atom. The Balaban J connectivity index is 1.81. The van der Waals surface area contributed by atoms with Crippen LogP contribution >= 0.6 is 34.3 Å². The van der Waals surface area contributed by atoms with Crippen molar-refractivity contribution >= 4 is 51.1 Å². The van der Waals surface area contributed by atoms with Crippen molar-refractivity contribution in [3.8, 4) is 27.2 Å². The van der Waals surface area contributed by atoms with Crippen LogP contribution in [0.25, 0.3) is 32.3 Å². The summed E-state index contributed by atoms with van der Waals surface area (Å²) < 4.78 is 0. The molecule has 0 aliphatic heterocycles. The van der Waals surface area contributed by atoms with Gasteiger partial charge in [-0.25, -0.2) is 15.0 Å². The van der Waals surface area contributed by atoms with Crippen molar-refractivity contribution in [2.45, 2.75) is 0 Å². The average molecular weight is 389 g/mol. The standard InChI is InChI=1S/C16H9ClN4O2S2/c17-11-7-3-1-2-4-8(7)19-12(13(11)22)16-21-10(6-25-16)15-20-9(5-24-15)14(18)23/h1-6,22H,(H2,18,23). The van der Waals surface area contributed by atoms with Crippen molar-refractivity contribution in [3.63, 3.8) is 0 Å². The number of amides is 1. The number of aromatic hydroxyl groups is 1. The number of halogens is 1. The third kappa shape index (κ3) is 2.74. The van der Waals surface area contributed by atoms with Crippen LogP contribution in [0, 0.1) is 0 Å². The summed E-state index contributed by atoms with van der Waals surface area (Å²) in [6.45, 7) is 0. The number of carbonyl (C=O) groups excluding carboxylic acids is 1. The van der Waals surface area contributed by atoms with Crippen molar-refractivity contribution < 1.29 is 9.90 Å². The Labute approximate surface area is 154 Å². The average Bonchev–Trinajstić information content (AvgIpc) is 3.27. The number of hydrogen-bond acceptors (Lipinski definition) is 7. The van der Waals surface area contributed by atoms with E-state index in [9.17, 15) is 9.90 Å². The largest absolute Gasteiger partial charge is 0.504 e. The van der Waals surface area contributed by atoms with E-state index in [0.717, 1.165) is 0 Å². The topological polar surface area (TPSA) is 102 Å². The van der Waals surface area contributed by atoms with E-state index in [1.54, 1.807) is 16.8 Å². The van der Waals surface area contributed by atoms with Gasteiger partial charge in [0.25, 0.3) is 5.91 Å². The second kappa shape index (κ2) is 6.07. The second-order valence-electron chi connectivity index (χ2n) is 5.08. The molecule has 25 heavy (non-hydrogen) atoms. The van der Waals surface area contributed by atoms with E-state index in [-0.39, 0.29) is 16.5 Å². The van der Waals surface area contributed by atoms with E-state index in [4.69, 9.17) is 17.3 Å². The predicted molar refractivity (Wildman–Crippen MR) is 99.2 cm³/mol. The van der Waals surface area contributed by atoms with Crippen LogP contribution in [0.1, 0.15) is 10.5 Å². The molecule has 1 aromatic carbocycles. The lowest BCUT2D eigenvalue weighted by Gasteiger charge is -2.06. The number of nitrogens with two attached hydrogens (primary N) is 1. The highest BCUT2D eigenvalue weighted by Crippen LogP contribution is 2.40. The molecule has 3 aromatic heterocycles. The summed E-state index contributed by atoms with van der Waals surface area (Å²) in [7, 11) is 0. The lowest BCUT2D eigenvalue weighted by atomic mass is 10.2. The molecule has 124 valence electrons. The molecular formula is C16H9ClN4O2S2. The monoisotopic (exact) mass is 388 g/mol. The van der Waals surface area contributed by atoms with E-state index in [2.05, 4.69) is 15.0 Å². The van der Waals surface area contributed by atoms with Gasteiger partial charge in [-0.05, 0) is 6.07 Å². The van der Waals surface area contributed by atoms with Gasteiger partial charge >= 0.3 is 0 Å². The van der Waals surface area contributed by atoms with Crippen molar-refractivity contribution in [3.05, 3.63) is 45.7 Å². The molecule has 0 unspecified atom stereocenters. The molecule has 0 saturated heterocycles. The molecular weight excluding hydrogens is 380 g/mol. The van der Waals surface area contributed by atoms with Crippen LogP contribution in [0.3, 0.4) is 0 Å². The smallest absolute Gasteiger partial charge is 0.268 e. The Morgan fingerprint density at radius 3 is 2.60 bits per heavy atom. The Hall–Kier alpha value is -2.55. The van der Waals surface area contributed by atoms with Gasteiger partial charge in [0, 0.05) is 16.1 Å². The number of benzene rings is 1. The predicted octanol–water partition coefficient (Wildman–Crippen LogP) is 3.94. The Kier molecular flexibility index (Phi) is 3.87. The minimum absolute atomic E-state index is 0.113. The van der Waals surface area contributed by atoms with Crippen molar-refractivity contribution in [1.29, 1.82) is 0 Å². The van der Waals surface area contributed by atoms with Gasteiger partial charge in [-0.3, -0.25) is 4.79 Å². The lowest BCUT2D eigenvalue weighted by molar-refractivity contribution is 0.0996. The second-order valence-corrected chi connectivity index (χ2v) is 7.17. The molecule has 0 fully saturated rings. The van der Waals surface area contributed by atoms with Crippen molar-refractivity contribution in [2.24, 2.45) is 5.73 Å². The maximum atomic E-state index is 11.2. The fourth-order valence-electron chi connectivity index (χ4n) is 2.30. The molecule has 4 rings (SSSR count). The van der Waals surface area contributed by atoms with Gasteiger partial charge in [-0.1, -0.05) is 29.8 Å². The van der Waals surface area contributed by atoms with Crippen LogP contribution in [-0.4, -0.2) is 26.0 Å². The molecule has 0 saturated carbocycles.